The lowest BCUT2D eigenvalue weighted by molar-refractivity contribution is 0.353. The van der Waals surface area contributed by atoms with Crippen molar-refractivity contribution in [2.45, 2.75) is 51.5 Å². The molecule has 0 unspecified atom stereocenters. The highest BCUT2D eigenvalue weighted by Gasteiger charge is 2.31. The Morgan fingerprint density at radius 3 is 2.47 bits per heavy atom. The third-order valence-electron chi connectivity index (χ3n) is 3.17. The largest absolute Gasteiger partial charge is 0.387 e. The van der Waals surface area contributed by atoms with E-state index in [1.165, 1.54) is 4.31 Å². The van der Waals surface area contributed by atoms with E-state index >= 15 is 0 Å². The van der Waals surface area contributed by atoms with Crippen molar-refractivity contribution in [3.8, 4) is 0 Å². The molecule has 1 rings (SSSR count). The second kappa shape index (κ2) is 6.35. The number of rotatable bonds is 7. The van der Waals surface area contributed by atoms with Gasteiger partial charge < -0.3 is 5.73 Å². The van der Waals surface area contributed by atoms with E-state index in [9.17, 15) is 8.42 Å². The van der Waals surface area contributed by atoms with Gasteiger partial charge in [0.05, 0.1) is 12.3 Å². The standard InChI is InChI=1S/C11H23N3O2S/c1-2-3-8-17(15,16)14(9-11(12)13)10-6-4-5-7-10/h10H,2-9H2,1H3,(H3,12,13). The van der Waals surface area contributed by atoms with Gasteiger partial charge in [-0.25, -0.2) is 8.42 Å². The molecule has 0 atom stereocenters. The van der Waals surface area contributed by atoms with E-state index in [2.05, 4.69) is 0 Å². The average molecular weight is 261 g/mol. The Bertz CT molecular complexity index is 348. The first-order chi connectivity index (χ1) is 7.97. The van der Waals surface area contributed by atoms with E-state index in [1.54, 1.807) is 0 Å². The van der Waals surface area contributed by atoms with Gasteiger partial charge in [-0.15, -0.1) is 0 Å². The summed E-state index contributed by atoms with van der Waals surface area (Å²) < 4.78 is 25.8. The summed E-state index contributed by atoms with van der Waals surface area (Å²) in [6, 6.07) is 0.0563. The molecule has 17 heavy (non-hydrogen) atoms. The zero-order valence-electron chi connectivity index (χ0n) is 10.5. The number of nitrogens with zero attached hydrogens (tertiary/aromatic N) is 1. The molecule has 3 N–H and O–H groups in total. The van der Waals surface area contributed by atoms with Gasteiger partial charge in [0.1, 0.15) is 5.84 Å². The minimum Gasteiger partial charge on any atom is -0.387 e. The van der Waals surface area contributed by atoms with Crippen LogP contribution in [0.1, 0.15) is 45.4 Å². The molecule has 1 aliphatic rings. The van der Waals surface area contributed by atoms with E-state index in [4.69, 9.17) is 11.1 Å². The van der Waals surface area contributed by atoms with Crippen molar-refractivity contribution in [2.75, 3.05) is 12.3 Å². The van der Waals surface area contributed by atoms with Crippen LogP contribution in [0.5, 0.6) is 0 Å². The van der Waals surface area contributed by atoms with Gasteiger partial charge in [-0.05, 0) is 19.3 Å². The smallest absolute Gasteiger partial charge is 0.214 e. The van der Waals surface area contributed by atoms with Gasteiger partial charge >= 0.3 is 0 Å². The predicted octanol–water partition coefficient (Wildman–Crippen LogP) is 1.30. The van der Waals surface area contributed by atoms with E-state index in [0.717, 1.165) is 32.1 Å². The lowest BCUT2D eigenvalue weighted by atomic mass is 10.2. The molecule has 0 saturated heterocycles. The van der Waals surface area contributed by atoms with Crippen LogP contribution in [0.2, 0.25) is 0 Å². The maximum atomic E-state index is 12.2. The third-order valence-corrected chi connectivity index (χ3v) is 5.12. The van der Waals surface area contributed by atoms with Gasteiger partial charge in [0.15, 0.2) is 0 Å². The van der Waals surface area contributed by atoms with Gasteiger partial charge in [-0.1, -0.05) is 26.2 Å². The Labute approximate surface area is 104 Å². The zero-order valence-corrected chi connectivity index (χ0v) is 11.3. The molecule has 0 radical (unpaired) electrons. The van der Waals surface area contributed by atoms with Crippen LogP contribution >= 0.6 is 0 Å². The van der Waals surface area contributed by atoms with Crippen molar-refractivity contribution in [1.82, 2.24) is 4.31 Å². The van der Waals surface area contributed by atoms with Crippen LogP contribution in [0, 0.1) is 5.41 Å². The summed E-state index contributed by atoms with van der Waals surface area (Å²) >= 11 is 0. The summed E-state index contributed by atoms with van der Waals surface area (Å²) in [5.74, 6) is 0.102. The van der Waals surface area contributed by atoms with Crippen molar-refractivity contribution in [3.63, 3.8) is 0 Å². The van der Waals surface area contributed by atoms with Crippen molar-refractivity contribution in [1.29, 1.82) is 5.41 Å². The fraction of sp³-hybridized carbons (Fsp3) is 0.909. The topological polar surface area (TPSA) is 87.2 Å². The lowest BCUT2D eigenvalue weighted by Gasteiger charge is -2.27. The molecule has 5 nitrogen and oxygen atoms in total. The number of amidine groups is 1. The first-order valence-corrected chi connectivity index (χ1v) is 7.90. The molecule has 1 saturated carbocycles. The average Bonchev–Trinajstić information content (AvgIpc) is 2.76. The summed E-state index contributed by atoms with van der Waals surface area (Å²) in [4.78, 5) is 0. The maximum absolute atomic E-state index is 12.2. The highest BCUT2D eigenvalue weighted by Crippen LogP contribution is 2.25. The van der Waals surface area contributed by atoms with Crippen molar-refractivity contribution in [2.24, 2.45) is 5.73 Å². The van der Waals surface area contributed by atoms with Crippen LogP contribution in [0.4, 0.5) is 0 Å². The highest BCUT2D eigenvalue weighted by atomic mass is 32.2. The molecular weight excluding hydrogens is 238 g/mol. The summed E-state index contributed by atoms with van der Waals surface area (Å²) in [6.45, 7) is 2.02. The highest BCUT2D eigenvalue weighted by molar-refractivity contribution is 7.89. The van der Waals surface area contributed by atoms with Gasteiger partial charge in [0, 0.05) is 6.04 Å². The quantitative estimate of drug-likeness (QED) is 0.535. The molecule has 100 valence electrons. The van der Waals surface area contributed by atoms with Crippen molar-refractivity contribution in [3.05, 3.63) is 0 Å². The lowest BCUT2D eigenvalue weighted by Crippen LogP contribution is -2.44. The van der Waals surface area contributed by atoms with Gasteiger partial charge in [-0.3, -0.25) is 5.41 Å². The molecule has 0 aromatic carbocycles. The van der Waals surface area contributed by atoms with Crippen LogP contribution in [-0.2, 0) is 10.0 Å². The molecule has 0 spiro atoms. The van der Waals surface area contributed by atoms with Crippen LogP contribution in [0.25, 0.3) is 0 Å². The third kappa shape index (κ3) is 4.27. The summed E-state index contributed by atoms with van der Waals surface area (Å²) in [6.07, 6.45) is 5.48. The Morgan fingerprint density at radius 1 is 1.41 bits per heavy atom. The summed E-state index contributed by atoms with van der Waals surface area (Å²) in [7, 11) is -3.25. The molecule has 0 heterocycles. The number of nitrogens with one attached hydrogen (secondary N) is 1. The van der Waals surface area contributed by atoms with E-state index < -0.39 is 10.0 Å². The zero-order chi connectivity index (χ0) is 12.9. The molecule has 1 fully saturated rings. The Morgan fingerprint density at radius 2 is 2.00 bits per heavy atom. The normalized spacial score (nSPS) is 17.8. The number of nitrogens with two attached hydrogens (primary N) is 1. The molecule has 0 aromatic heterocycles. The molecule has 0 bridgehead atoms. The Balaban J connectivity index is 2.76. The van der Waals surface area contributed by atoms with Crippen LogP contribution in [-0.4, -0.2) is 36.9 Å². The number of hydrogen-bond donors (Lipinski definition) is 2. The first kappa shape index (κ1) is 14.4. The Kier molecular flexibility index (Phi) is 5.39. The SMILES string of the molecule is CCCCS(=O)(=O)N(CC(=N)N)C1CCCC1. The predicted molar refractivity (Wildman–Crippen MR) is 69.6 cm³/mol. The molecule has 6 heteroatoms. The van der Waals surface area contributed by atoms with Crippen molar-refractivity contribution >= 4 is 15.9 Å². The number of unbranched alkanes of at least 4 members (excludes halogenated alkanes) is 1. The second-order valence-electron chi connectivity index (χ2n) is 4.68. The Hall–Kier alpha value is -0.620. The fourth-order valence-electron chi connectivity index (χ4n) is 2.26. The van der Waals surface area contributed by atoms with Gasteiger partial charge in [0.25, 0.3) is 0 Å². The maximum Gasteiger partial charge on any atom is 0.214 e. The van der Waals surface area contributed by atoms with Crippen LogP contribution < -0.4 is 5.73 Å². The van der Waals surface area contributed by atoms with Gasteiger partial charge in [0.2, 0.25) is 10.0 Å². The van der Waals surface area contributed by atoms with E-state index in [-0.39, 0.29) is 24.2 Å². The van der Waals surface area contributed by atoms with Crippen LogP contribution in [0.15, 0.2) is 0 Å². The molecule has 0 aliphatic heterocycles. The summed E-state index contributed by atoms with van der Waals surface area (Å²) in [5.41, 5.74) is 5.36. The number of sulfonamides is 1. The van der Waals surface area contributed by atoms with Gasteiger partial charge in [-0.2, -0.15) is 4.31 Å². The van der Waals surface area contributed by atoms with Crippen molar-refractivity contribution < 1.29 is 8.42 Å². The molecular formula is C11H23N3O2S. The monoisotopic (exact) mass is 261 g/mol. The minimum absolute atomic E-state index is 0.0523. The van der Waals surface area contributed by atoms with E-state index in [1.807, 2.05) is 6.92 Å². The van der Waals surface area contributed by atoms with E-state index in [0.29, 0.717) is 6.42 Å². The first-order valence-electron chi connectivity index (χ1n) is 6.29. The second-order valence-corrected chi connectivity index (χ2v) is 6.72. The molecule has 0 aromatic rings. The fourth-order valence-corrected chi connectivity index (χ4v) is 4.15. The minimum atomic E-state index is -3.25. The molecule has 0 amide bonds. The summed E-state index contributed by atoms with van der Waals surface area (Å²) in [5, 5.41) is 7.32. The molecule has 1 aliphatic carbocycles. The number of hydrogen-bond acceptors (Lipinski definition) is 3. The van der Waals surface area contributed by atoms with Crippen LogP contribution in [0.3, 0.4) is 0 Å².